The minimum Gasteiger partial charge on any atom is -0.308 e. The zero-order chi connectivity index (χ0) is 11.4. The Kier molecular flexibility index (Phi) is 3.59. The summed E-state index contributed by atoms with van der Waals surface area (Å²) in [6, 6.07) is 3.28. The van der Waals surface area contributed by atoms with E-state index in [0.29, 0.717) is 11.4 Å². The number of nitrogen functional groups attached to an aromatic ring is 1. The summed E-state index contributed by atoms with van der Waals surface area (Å²) in [5.41, 5.74) is 6.30. The number of aryl methyl sites for hydroxylation is 1. The van der Waals surface area contributed by atoms with Gasteiger partial charge < -0.3 is 5.43 Å². The number of nitrogens with one attached hydrogen (secondary N) is 2. The monoisotopic (exact) mass is 209 g/mol. The van der Waals surface area contributed by atoms with Crippen molar-refractivity contribution in [3.05, 3.63) is 23.4 Å². The first-order valence-electron chi connectivity index (χ1n) is 4.46. The summed E-state index contributed by atoms with van der Waals surface area (Å²) >= 11 is 0. The zero-order valence-corrected chi connectivity index (χ0v) is 9.03. The van der Waals surface area contributed by atoms with E-state index < -0.39 is 0 Å². The van der Waals surface area contributed by atoms with E-state index in [2.05, 4.69) is 15.8 Å². The Morgan fingerprint density at radius 1 is 1.47 bits per heavy atom. The van der Waals surface area contributed by atoms with Gasteiger partial charge in [-0.3, -0.25) is 10.2 Å². The third kappa shape index (κ3) is 3.19. The number of hydrogen-bond donors (Lipinski definition) is 3. The molecule has 82 valence electrons. The van der Waals surface area contributed by atoms with E-state index >= 15 is 0 Å². The normalized spacial score (nSPS) is 10.2. The van der Waals surface area contributed by atoms with Crippen LogP contribution in [0.3, 0.4) is 0 Å². The van der Waals surface area contributed by atoms with E-state index in [-0.39, 0.29) is 5.91 Å². The predicted molar refractivity (Wildman–Crippen MR) is 57.9 cm³/mol. The van der Waals surface area contributed by atoms with Crippen LogP contribution in [0.25, 0.3) is 0 Å². The summed E-state index contributed by atoms with van der Waals surface area (Å²) < 4.78 is 0. The van der Waals surface area contributed by atoms with E-state index in [1.165, 1.54) is 0 Å². The highest BCUT2D eigenvalue weighted by molar-refractivity contribution is 5.94. The van der Waals surface area contributed by atoms with Crippen LogP contribution in [-0.2, 0) is 0 Å². The van der Waals surface area contributed by atoms with Gasteiger partial charge >= 0.3 is 0 Å². The molecule has 0 saturated carbocycles. The van der Waals surface area contributed by atoms with Crippen LogP contribution in [-0.4, -0.2) is 30.0 Å². The van der Waals surface area contributed by atoms with Crippen LogP contribution in [0.1, 0.15) is 16.1 Å². The first kappa shape index (κ1) is 11.4. The fourth-order valence-electron chi connectivity index (χ4n) is 1.14. The Morgan fingerprint density at radius 2 is 2.13 bits per heavy atom. The zero-order valence-electron chi connectivity index (χ0n) is 9.03. The molecule has 0 unspecified atom stereocenters. The Balaban J connectivity index is 2.93. The number of nitrogens with two attached hydrogens (primary N) is 1. The van der Waals surface area contributed by atoms with Crippen molar-refractivity contribution in [2.24, 2.45) is 5.84 Å². The van der Waals surface area contributed by atoms with Crippen LogP contribution >= 0.6 is 0 Å². The molecule has 1 aromatic rings. The molecule has 6 nitrogen and oxygen atoms in total. The summed E-state index contributed by atoms with van der Waals surface area (Å²) in [6.07, 6.45) is 0. The maximum Gasteiger partial charge on any atom is 0.265 e. The van der Waals surface area contributed by atoms with Gasteiger partial charge in [-0.1, -0.05) is 0 Å². The molecule has 0 radical (unpaired) electrons. The van der Waals surface area contributed by atoms with Gasteiger partial charge in [0.1, 0.15) is 5.82 Å². The van der Waals surface area contributed by atoms with E-state index in [4.69, 9.17) is 5.84 Å². The molecule has 0 atom stereocenters. The van der Waals surface area contributed by atoms with Gasteiger partial charge in [-0.05, 0) is 19.1 Å². The van der Waals surface area contributed by atoms with Crippen molar-refractivity contribution in [2.45, 2.75) is 6.92 Å². The molecule has 0 aliphatic rings. The first-order chi connectivity index (χ1) is 7.02. The number of pyridine rings is 1. The van der Waals surface area contributed by atoms with Gasteiger partial charge in [-0.2, -0.15) is 0 Å². The highest BCUT2D eigenvalue weighted by atomic mass is 16.2. The molecule has 0 bridgehead atoms. The molecule has 0 aliphatic heterocycles. The minimum absolute atomic E-state index is 0.193. The topological polar surface area (TPSA) is 83.3 Å². The highest BCUT2D eigenvalue weighted by Crippen LogP contribution is 2.08. The Hall–Kier alpha value is -1.66. The number of anilines is 1. The van der Waals surface area contributed by atoms with Crippen LogP contribution in [0.15, 0.2) is 12.1 Å². The smallest absolute Gasteiger partial charge is 0.265 e. The lowest BCUT2D eigenvalue weighted by atomic mass is 10.2. The lowest BCUT2D eigenvalue weighted by Crippen LogP contribution is -2.36. The van der Waals surface area contributed by atoms with Crippen molar-refractivity contribution in [1.82, 2.24) is 15.4 Å². The fraction of sp³-hybridized carbons (Fsp3) is 0.333. The molecule has 1 amide bonds. The number of rotatable bonds is 3. The second-order valence-corrected chi connectivity index (χ2v) is 3.36. The lowest BCUT2D eigenvalue weighted by molar-refractivity contribution is 0.0856. The van der Waals surface area contributed by atoms with Crippen molar-refractivity contribution in [2.75, 3.05) is 19.5 Å². The van der Waals surface area contributed by atoms with E-state index in [9.17, 15) is 4.79 Å². The van der Waals surface area contributed by atoms with Gasteiger partial charge in [-0.25, -0.2) is 15.8 Å². The largest absolute Gasteiger partial charge is 0.308 e. The molecule has 0 aliphatic carbocycles. The summed E-state index contributed by atoms with van der Waals surface area (Å²) in [5, 5.41) is 1.58. The Bertz CT molecular complexity index is 364. The average Bonchev–Trinajstić information content (AvgIpc) is 2.15. The van der Waals surface area contributed by atoms with Gasteiger partial charge in [0, 0.05) is 25.4 Å². The van der Waals surface area contributed by atoms with E-state index in [0.717, 1.165) is 5.69 Å². The molecule has 1 aromatic heterocycles. The highest BCUT2D eigenvalue weighted by Gasteiger charge is 2.08. The molecule has 6 heteroatoms. The first-order valence-corrected chi connectivity index (χ1v) is 4.46. The lowest BCUT2D eigenvalue weighted by Gasteiger charge is -2.12. The van der Waals surface area contributed by atoms with Crippen molar-refractivity contribution in [1.29, 1.82) is 0 Å². The standard InChI is InChI=1S/C9H15N5O/c1-6-4-7(5-8(11-6)12-10)9(15)13-14(2)3/h4-5H,10H2,1-3H3,(H,11,12)(H,13,15). The molecule has 0 fully saturated rings. The fourth-order valence-corrected chi connectivity index (χ4v) is 1.14. The maximum absolute atomic E-state index is 11.6. The summed E-state index contributed by atoms with van der Waals surface area (Å²) in [6.45, 7) is 1.80. The Labute approximate surface area is 88.4 Å². The minimum atomic E-state index is -0.193. The van der Waals surface area contributed by atoms with Gasteiger partial charge in [-0.15, -0.1) is 0 Å². The second-order valence-electron chi connectivity index (χ2n) is 3.36. The number of amides is 1. The van der Waals surface area contributed by atoms with Crippen molar-refractivity contribution in [3.63, 3.8) is 0 Å². The quantitative estimate of drug-likeness (QED) is 0.477. The molecule has 0 saturated heterocycles. The third-order valence-electron chi connectivity index (χ3n) is 1.69. The van der Waals surface area contributed by atoms with Gasteiger partial charge in [0.2, 0.25) is 0 Å². The van der Waals surface area contributed by atoms with Crippen LogP contribution in [0.5, 0.6) is 0 Å². The predicted octanol–water partition coefficient (Wildman–Crippen LogP) is -0.118. The van der Waals surface area contributed by atoms with E-state index in [1.807, 2.05) is 0 Å². The average molecular weight is 209 g/mol. The number of carbonyl (C=O) groups excluding carboxylic acids is 1. The van der Waals surface area contributed by atoms with E-state index in [1.54, 1.807) is 38.2 Å². The summed E-state index contributed by atoms with van der Waals surface area (Å²) in [7, 11) is 3.49. The van der Waals surface area contributed by atoms with Gasteiger partial charge in [0.05, 0.1) is 0 Å². The third-order valence-corrected chi connectivity index (χ3v) is 1.69. The molecule has 0 spiro atoms. The van der Waals surface area contributed by atoms with Crippen LogP contribution in [0.4, 0.5) is 5.82 Å². The van der Waals surface area contributed by atoms with Crippen LogP contribution in [0, 0.1) is 6.92 Å². The van der Waals surface area contributed by atoms with Gasteiger partial charge in [0.25, 0.3) is 5.91 Å². The molecule has 1 heterocycles. The molecular weight excluding hydrogens is 194 g/mol. The molecule has 0 aromatic carbocycles. The second kappa shape index (κ2) is 4.72. The number of nitrogens with zero attached hydrogens (tertiary/aromatic N) is 2. The summed E-state index contributed by atoms with van der Waals surface area (Å²) in [5.74, 6) is 5.51. The van der Waals surface area contributed by atoms with Crippen molar-refractivity contribution >= 4 is 11.7 Å². The Morgan fingerprint density at radius 3 is 2.67 bits per heavy atom. The van der Waals surface area contributed by atoms with Crippen LogP contribution in [0.2, 0.25) is 0 Å². The van der Waals surface area contributed by atoms with Crippen molar-refractivity contribution in [3.8, 4) is 0 Å². The molecule has 1 rings (SSSR count). The maximum atomic E-state index is 11.6. The molecular formula is C9H15N5O. The SMILES string of the molecule is Cc1cc(C(=O)NN(C)C)cc(NN)n1. The molecule has 4 N–H and O–H groups in total. The number of hydrazine groups is 2. The number of aromatic nitrogens is 1. The van der Waals surface area contributed by atoms with Crippen LogP contribution < -0.4 is 16.7 Å². The number of carbonyl (C=O) groups is 1. The number of hydrogen-bond acceptors (Lipinski definition) is 5. The van der Waals surface area contributed by atoms with Crippen molar-refractivity contribution < 1.29 is 4.79 Å². The summed E-state index contributed by atoms with van der Waals surface area (Å²) in [4.78, 5) is 15.7. The molecule has 15 heavy (non-hydrogen) atoms. The van der Waals surface area contributed by atoms with Gasteiger partial charge in [0.15, 0.2) is 0 Å².